The van der Waals surface area contributed by atoms with E-state index in [0.29, 0.717) is 80.7 Å². The number of rotatable bonds is 29. The summed E-state index contributed by atoms with van der Waals surface area (Å²) in [5, 5.41) is 55.9. The number of hydrogen-bond donors (Lipinski definition) is 14. The van der Waals surface area contributed by atoms with Crippen LogP contribution in [0.1, 0.15) is 66.6 Å². The lowest BCUT2D eigenvalue weighted by Crippen LogP contribution is -2.52. The van der Waals surface area contributed by atoms with Gasteiger partial charge in [0.15, 0.2) is 22.2 Å². The van der Waals surface area contributed by atoms with Crippen LogP contribution in [0.15, 0.2) is 64.5 Å². The molecule has 83 heavy (non-hydrogen) atoms. The van der Waals surface area contributed by atoms with Crippen molar-refractivity contribution in [1.29, 1.82) is 0 Å². The van der Waals surface area contributed by atoms with E-state index in [4.69, 9.17) is 39.0 Å². The number of anilines is 3. The summed E-state index contributed by atoms with van der Waals surface area (Å²) in [6.45, 7) is 2.80. The van der Waals surface area contributed by atoms with E-state index in [1.165, 1.54) is 18.3 Å². The largest absolute Gasteiger partial charge is 0.480 e. The van der Waals surface area contributed by atoms with Crippen LogP contribution in [0, 0.1) is 0 Å². The molecular formula is C51H69N17O14S. The van der Waals surface area contributed by atoms with Crippen molar-refractivity contribution >= 4 is 99.5 Å². The standard InChI is InChI=1S/C50H69N17O12S.CO2/c1-65-19-20-66(27-39(69)70)21-22-67(28-40(71)72)26-34(65)23-29-7-11-32(12-8-29)59-50(80)55-17-3-2-5-36(46(76)77)62-44(74)35(6-4-18-54-48(51)52)60-38(68)16-15-37(47(78)79)61-43(73)30-9-13-31(14-10-30)56-24-33-25-57-42-41(58-33)45(75)64-49(53)63-42;2-1-3/h7-14,25,34-37,56H,2-6,15-24,26-28H2,1H3,(H,60,68)(H,61,73)(H,62,74)(H,69,70)(H,71,72)(H,76,77)(H,78,79)(H4,51,52,54)(H2,55,59,80)(H3,53,57,63,64,75);/t34?,35-,36-,37-;/m0./s1. The molecule has 0 bridgehead atoms. The number of carbonyl (C=O) groups is 7. The van der Waals surface area contributed by atoms with Crippen LogP contribution in [0.25, 0.3) is 11.2 Å². The number of aliphatic carboxylic acids is 4. The minimum Gasteiger partial charge on any atom is -0.480 e. The molecule has 31 nitrogen and oxygen atoms in total. The van der Waals surface area contributed by atoms with Crippen molar-refractivity contribution < 1.29 is 63.6 Å². The molecule has 2 aromatic heterocycles. The summed E-state index contributed by atoms with van der Waals surface area (Å²) >= 11 is 5.49. The quantitative estimate of drug-likeness (QED) is 0.0123. The number of carboxylic acids is 4. The fourth-order valence-electron chi connectivity index (χ4n) is 8.49. The summed E-state index contributed by atoms with van der Waals surface area (Å²) in [5.74, 6) is -7.19. The van der Waals surface area contributed by atoms with Crippen LogP contribution >= 0.6 is 12.2 Å². The predicted octanol–water partition coefficient (Wildman–Crippen LogP) is -1.82. The van der Waals surface area contributed by atoms with Crippen molar-refractivity contribution in [2.75, 3.05) is 82.3 Å². The van der Waals surface area contributed by atoms with Gasteiger partial charge in [-0.15, -0.1) is 0 Å². The highest BCUT2D eigenvalue weighted by Gasteiger charge is 2.29. The Morgan fingerprint density at radius 1 is 0.795 bits per heavy atom. The fraction of sp³-hybridized carbons (Fsp3) is 0.451. The number of benzene rings is 2. The first-order chi connectivity index (χ1) is 39.5. The molecule has 1 aliphatic rings. The summed E-state index contributed by atoms with van der Waals surface area (Å²) in [4.78, 5) is 140. The van der Waals surface area contributed by atoms with Crippen molar-refractivity contribution in [2.24, 2.45) is 16.5 Å². The van der Waals surface area contributed by atoms with E-state index in [1.54, 1.807) is 12.1 Å². The number of carboxylic acid groups (broad SMARTS) is 4. The van der Waals surface area contributed by atoms with E-state index >= 15 is 0 Å². The Morgan fingerprint density at radius 2 is 1.41 bits per heavy atom. The third-order valence-corrected chi connectivity index (χ3v) is 13.0. The number of likely N-dealkylation sites (N-methyl/N-ethyl adjacent to an activating group) is 1. The number of aromatic nitrogens is 4. The normalized spacial score (nSPS) is 14.9. The number of nitrogen functional groups attached to an aromatic ring is 1. The molecule has 0 radical (unpaired) electrons. The molecule has 1 fully saturated rings. The van der Waals surface area contributed by atoms with Gasteiger partial charge in [0.05, 0.1) is 31.5 Å². The maximum atomic E-state index is 13.6. The molecule has 2 aromatic carbocycles. The molecule has 1 saturated heterocycles. The molecule has 17 N–H and O–H groups in total. The predicted molar refractivity (Wildman–Crippen MR) is 303 cm³/mol. The Bertz CT molecular complexity index is 3000. The second-order valence-electron chi connectivity index (χ2n) is 19.1. The Labute approximate surface area is 480 Å². The lowest BCUT2D eigenvalue weighted by atomic mass is 10.0. The summed E-state index contributed by atoms with van der Waals surface area (Å²) < 4.78 is 0. The van der Waals surface area contributed by atoms with Gasteiger partial charge in [-0.1, -0.05) is 12.1 Å². The summed E-state index contributed by atoms with van der Waals surface area (Å²) in [6, 6.07) is 9.52. The number of unbranched alkanes of at least 4 members (excludes halogenated alkanes) is 1. The van der Waals surface area contributed by atoms with Crippen LogP contribution in [0.3, 0.4) is 0 Å². The minimum atomic E-state index is -1.51. The van der Waals surface area contributed by atoms with E-state index in [1.807, 2.05) is 41.1 Å². The number of carbonyl (C=O) groups excluding carboxylic acids is 5. The van der Waals surface area contributed by atoms with Crippen LogP contribution in [0.5, 0.6) is 0 Å². The van der Waals surface area contributed by atoms with Gasteiger partial charge in [0.25, 0.3) is 11.5 Å². The summed E-state index contributed by atoms with van der Waals surface area (Å²) in [6.07, 6.45) is 2.54. The second kappa shape index (κ2) is 34.1. The zero-order valence-corrected chi connectivity index (χ0v) is 46.2. The van der Waals surface area contributed by atoms with E-state index < -0.39 is 71.7 Å². The highest BCUT2D eigenvalue weighted by atomic mass is 32.1. The number of aliphatic imine (C=N–C) groups is 1. The number of nitrogens with zero attached hydrogens (tertiary/aromatic N) is 7. The smallest absolute Gasteiger partial charge is 0.373 e. The highest BCUT2D eigenvalue weighted by Crippen LogP contribution is 2.17. The molecule has 0 aliphatic carbocycles. The fourth-order valence-corrected chi connectivity index (χ4v) is 8.71. The van der Waals surface area contributed by atoms with Crippen molar-refractivity contribution in [3.63, 3.8) is 0 Å². The Hall–Kier alpha value is -9.23. The number of H-pyrrole nitrogens is 1. The first-order valence-corrected chi connectivity index (χ1v) is 26.4. The summed E-state index contributed by atoms with van der Waals surface area (Å²) in [7, 11) is 1.95. The lowest BCUT2D eigenvalue weighted by molar-refractivity contribution is -0.192. The van der Waals surface area contributed by atoms with Gasteiger partial charge in [0.1, 0.15) is 18.1 Å². The van der Waals surface area contributed by atoms with Crippen molar-refractivity contribution in [3.05, 3.63) is 81.9 Å². The molecule has 1 unspecified atom stereocenters. The lowest BCUT2D eigenvalue weighted by Gasteiger charge is -2.31. The Kier molecular flexibility index (Phi) is 27.3. The van der Waals surface area contributed by atoms with Gasteiger partial charge in [-0.25, -0.2) is 19.6 Å². The zero-order valence-electron chi connectivity index (χ0n) is 45.4. The number of amides is 3. The van der Waals surface area contributed by atoms with Gasteiger partial charge in [-0.3, -0.25) is 48.5 Å². The van der Waals surface area contributed by atoms with Crippen LogP contribution in [0.4, 0.5) is 17.3 Å². The maximum Gasteiger partial charge on any atom is 0.373 e. The first-order valence-electron chi connectivity index (χ1n) is 26.0. The Morgan fingerprint density at radius 3 is 2.06 bits per heavy atom. The van der Waals surface area contributed by atoms with Crippen molar-refractivity contribution in [1.82, 2.24) is 55.9 Å². The van der Waals surface area contributed by atoms with Gasteiger partial charge in [-0.2, -0.15) is 14.6 Å². The SMILES string of the molecule is CN1CCN(CC(=O)O)CCN(CC(=O)O)CC1Cc1ccc(NC(=S)NCCCC[C@H](NC(=O)[C@H](CCCN=C(N)N)NC(=O)CC[C@H](NC(=O)c2ccc(NCc3cnc4nc(N)[nH]c(=O)c4n3)cc2)C(=O)O)C(=O)O)cc1.O=C=O. The zero-order chi connectivity index (χ0) is 61.0. The van der Waals surface area contributed by atoms with Crippen LogP contribution in [-0.4, -0.2) is 204 Å². The van der Waals surface area contributed by atoms with Crippen LogP contribution < -0.4 is 54.7 Å². The van der Waals surface area contributed by atoms with Crippen molar-refractivity contribution in [2.45, 2.75) is 82.1 Å². The topological polar surface area (TPSA) is 478 Å². The first kappa shape index (κ1) is 66.3. The number of thiocarbonyl (C=S) groups is 1. The van der Waals surface area contributed by atoms with Crippen molar-refractivity contribution in [3.8, 4) is 0 Å². The molecular weight excluding hydrogens is 1110 g/mol. The number of hydrogen-bond acceptors (Lipinski definition) is 20. The van der Waals surface area contributed by atoms with Gasteiger partial charge in [0, 0.05) is 75.2 Å². The molecule has 3 heterocycles. The average molecular weight is 1180 g/mol. The van der Waals surface area contributed by atoms with Gasteiger partial charge >= 0.3 is 30.0 Å². The number of nitrogens with two attached hydrogens (primary N) is 3. The van der Waals surface area contributed by atoms with Gasteiger partial charge < -0.3 is 74.4 Å². The minimum absolute atomic E-state index is 0.00714. The number of fused-ring (bicyclic) bond motifs is 1. The molecule has 3 amide bonds. The molecule has 0 saturated carbocycles. The summed E-state index contributed by atoms with van der Waals surface area (Å²) in [5.41, 5.74) is 18.8. The van der Waals surface area contributed by atoms with E-state index in [-0.39, 0.29) is 92.7 Å². The Balaban J connectivity index is 0.00000482. The molecule has 0 spiro atoms. The van der Waals surface area contributed by atoms with Crippen LogP contribution in [0.2, 0.25) is 0 Å². The molecule has 448 valence electrons. The molecule has 1 aliphatic heterocycles. The van der Waals surface area contributed by atoms with Gasteiger partial charge in [0.2, 0.25) is 17.8 Å². The second-order valence-corrected chi connectivity index (χ2v) is 19.5. The third-order valence-electron chi connectivity index (χ3n) is 12.8. The van der Waals surface area contributed by atoms with E-state index in [0.717, 1.165) is 5.56 Å². The average Bonchev–Trinajstić information content (AvgIpc) is 3.53. The highest BCUT2D eigenvalue weighted by molar-refractivity contribution is 7.80. The monoisotopic (exact) mass is 1180 g/mol. The molecule has 32 heteroatoms. The number of guanidine groups is 1. The molecule has 4 atom stereocenters. The molecule has 4 aromatic rings. The number of aromatic amines is 1. The molecule has 5 rings (SSSR count). The third kappa shape index (κ3) is 24.2. The van der Waals surface area contributed by atoms with E-state index in [2.05, 4.69) is 61.7 Å². The van der Waals surface area contributed by atoms with E-state index in [9.17, 15) is 58.8 Å². The maximum absolute atomic E-state index is 13.6. The van der Waals surface area contributed by atoms with Gasteiger partial charge in [-0.05, 0) is 106 Å². The number of nitrogens with one attached hydrogen (secondary N) is 7. The van der Waals surface area contributed by atoms with Crippen LogP contribution in [-0.2, 0) is 51.3 Å².